The van der Waals surface area contributed by atoms with Crippen LogP contribution in [0, 0.1) is 0 Å². The van der Waals surface area contributed by atoms with Crippen LogP contribution in [0.15, 0.2) is 41.5 Å². The van der Waals surface area contributed by atoms with Crippen LogP contribution in [-0.4, -0.2) is 28.8 Å². The maximum absolute atomic E-state index is 12.2. The second-order valence-electron chi connectivity index (χ2n) is 6.04. The Balaban J connectivity index is 2.66. The zero-order chi connectivity index (χ0) is 18.6. The predicted molar refractivity (Wildman–Crippen MR) is 93.1 cm³/mol. The molecule has 1 atom stereocenters. The van der Waals surface area contributed by atoms with Crippen molar-refractivity contribution >= 4 is 11.9 Å². The molecule has 1 aliphatic rings. The highest BCUT2D eigenvalue weighted by Crippen LogP contribution is 2.40. The fourth-order valence-corrected chi connectivity index (χ4v) is 3.15. The lowest BCUT2D eigenvalue weighted by Gasteiger charge is -2.33. The molecule has 0 saturated heterocycles. The van der Waals surface area contributed by atoms with Gasteiger partial charge in [0, 0.05) is 25.1 Å². The molecule has 1 aliphatic carbocycles. The van der Waals surface area contributed by atoms with Gasteiger partial charge in [0.25, 0.3) is 0 Å². The van der Waals surface area contributed by atoms with E-state index in [0.29, 0.717) is 23.3 Å². The molecule has 0 saturated carbocycles. The van der Waals surface area contributed by atoms with Crippen molar-refractivity contribution < 1.29 is 24.5 Å². The molecule has 0 amide bonds. The second-order valence-corrected chi connectivity index (χ2v) is 6.04. The summed E-state index contributed by atoms with van der Waals surface area (Å²) in [5.74, 6) is -2.20. The van der Waals surface area contributed by atoms with Crippen molar-refractivity contribution in [2.24, 2.45) is 5.73 Å². The number of hydrogen-bond donors (Lipinski definition) is 3. The molecule has 0 fully saturated rings. The van der Waals surface area contributed by atoms with Gasteiger partial charge in [-0.1, -0.05) is 30.4 Å². The van der Waals surface area contributed by atoms with Gasteiger partial charge >= 0.3 is 11.9 Å². The Bertz CT molecular complexity index is 750. The summed E-state index contributed by atoms with van der Waals surface area (Å²) in [5.41, 5.74) is 7.06. The number of allylic oxidation sites excluding steroid dienone is 2. The molecule has 25 heavy (non-hydrogen) atoms. The van der Waals surface area contributed by atoms with E-state index in [4.69, 9.17) is 10.5 Å². The van der Waals surface area contributed by atoms with E-state index >= 15 is 0 Å². The number of carboxylic acids is 2. The second kappa shape index (κ2) is 7.63. The van der Waals surface area contributed by atoms with E-state index in [0.717, 1.165) is 5.56 Å². The summed E-state index contributed by atoms with van der Waals surface area (Å²) in [6, 6.07) is 5.29. The lowest BCUT2D eigenvalue weighted by atomic mass is 9.69. The van der Waals surface area contributed by atoms with Crippen LogP contribution in [0.25, 0.3) is 0 Å². The monoisotopic (exact) mass is 345 g/mol. The summed E-state index contributed by atoms with van der Waals surface area (Å²) in [6.45, 7) is 4.48. The van der Waals surface area contributed by atoms with E-state index in [-0.39, 0.29) is 25.1 Å². The van der Waals surface area contributed by atoms with Gasteiger partial charge in [-0.15, -0.1) is 0 Å². The molecule has 1 aromatic rings. The number of rotatable bonds is 7. The Morgan fingerprint density at radius 2 is 2.04 bits per heavy atom. The average molecular weight is 345 g/mol. The minimum Gasteiger partial charge on any atom is -0.480 e. The molecule has 0 bridgehead atoms. The number of ether oxygens (including phenoxy) is 1. The fourth-order valence-electron chi connectivity index (χ4n) is 3.15. The summed E-state index contributed by atoms with van der Waals surface area (Å²) in [7, 11) is 0. The third kappa shape index (κ3) is 3.50. The Labute approximate surface area is 146 Å². The van der Waals surface area contributed by atoms with Gasteiger partial charge in [-0.2, -0.15) is 0 Å². The molecular formula is C19H23NO5. The molecule has 134 valence electrons. The summed E-state index contributed by atoms with van der Waals surface area (Å²) in [4.78, 5) is 23.8. The van der Waals surface area contributed by atoms with Gasteiger partial charge in [0.05, 0.1) is 6.61 Å². The molecule has 6 nitrogen and oxygen atoms in total. The molecular weight excluding hydrogens is 322 g/mol. The Kier molecular flexibility index (Phi) is 5.77. The summed E-state index contributed by atoms with van der Waals surface area (Å²) in [5, 5.41) is 19.5. The van der Waals surface area contributed by atoms with Crippen molar-refractivity contribution in [1.82, 2.24) is 0 Å². The summed E-state index contributed by atoms with van der Waals surface area (Å²) >= 11 is 0. The van der Waals surface area contributed by atoms with Gasteiger partial charge < -0.3 is 20.7 Å². The normalized spacial score (nSPS) is 20.0. The number of hydrogen-bond acceptors (Lipinski definition) is 4. The first-order valence-electron chi connectivity index (χ1n) is 8.12. The molecule has 0 radical (unpaired) electrons. The van der Waals surface area contributed by atoms with Gasteiger partial charge in [0.1, 0.15) is 5.41 Å². The van der Waals surface area contributed by atoms with Gasteiger partial charge in [-0.3, -0.25) is 4.79 Å². The van der Waals surface area contributed by atoms with E-state index in [1.807, 2.05) is 13.0 Å². The highest BCUT2D eigenvalue weighted by atomic mass is 16.5. The van der Waals surface area contributed by atoms with Gasteiger partial charge in [-0.25, -0.2) is 4.79 Å². The molecule has 4 N–H and O–H groups in total. The topological polar surface area (TPSA) is 110 Å². The predicted octanol–water partition coefficient (Wildman–Crippen LogP) is 2.37. The van der Waals surface area contributed by atoms with Crippen LogP contribution in [0.4, 0.5) is 0 Å². The fraction of sp³-hybridized carbons (Fsp3) is 0.368. The number of nitrogens with two attached hydrogens (primary N) is 1. The van der Waals surface area contributed by atoms with Gasteiger partial charge in [0.15, 0.2) is 0 Å². The smallest absolute Gasteiger partial charge is 0.331 e. The molecule has 1 unspecified atom stereocenters. The number of carboxylic acid groups (broad SMARTS) is 2. The van der Waals surface area contributed by atoms with Gasteiger partial charge in [0.2, 0.25) is 0 Å². The third-order valence-corrected chi connectivity index (χ3v) is 4.61. The zero-order valence-electron chi connectivity index (χ0n) is 14.4. The number of benzene rings is 1. The minimum absolute atomic E-state index is 0.102. The highest BCUT2D eigenvalue weighted by Gasteiger charge is 2.43. The Hall–Kier alpha value is -2.44. The molecule has 6 heteroatoms. The molecule has 2 rings (SSSR count). The van der Waals surface area contributed by atoms with Gasteiger partial charge in [-0.05, 0) is 36.1 Å². The molecule has 0 spiro atoms. The Morgan fingerprint density at radius 1 is 1.32 bits per heavy atom. The molecule has 0 aromatic heterocycles. The molecule has 0 heterocycles. The lowest BCUT2D eigenvalue weighted by molar-refractivity contribution is -0.142. The van der Waals surface area contributed by atoms with Crippen LogP contribution in [0.2, 0.25) is 0 Å². The van der Waals surface area contributed by atoms with Crippen LogP contribution in [0.3, 0.4) is 0 Å². The van der Waals surface area contributed by atoms with Crippen molar-refractivity contribution in [2.75, 3.05) is 6.61 Å². The van der Waals surface area contributed by atoms with E-state index in [1.54, 1.807) is 31.2 Å². The van der Waals surface area contributed by atoms with Crippen LogP contribution in [0.5, 0.6) is 0 Å². The molecule has 0 aliphatic heterocycles. The minimum atomic E-state index is -1.45. The zero-order valence-corrected chi connectivity index (χ0v) is 14.4. The van der Waals surface area contributed by atoms with Crippen molar-refractivity contribution in [3.05, 3.63) is 58.2 Å². The van der Waals surface area contributed by atoms with E-state index in [9.17, 15) is 19.8 Å². The maximum Gasteiger partial charge on any atom is 0.331 e. The third-order valence-electron chi connectivity index (χ3n) is 4.61. The number of aliphatic carboxylic acids is 2. The Morgan fingerprint density at radius 3 is 2.60 bits per heavy atom. The van der Waals surface area contributed by atoms with E-state index in [1.165, 1.54) is 0 Å². The van der Waals surface area contributed by atoms with E-state index in [2.05, 4.69) is 0 Å². The summed E-state index contributed by atoms with van der Waals surface area (Å²) < 4.78 is 5.51. The van der Waals surface area contributed by atoms with E-state index < -0.39 is 17.4 Å². The quantitative estimate of drug-likeness (QED) is 0.700. The number of carbonyl (C=O) groups is 2. The largest absolute Gasteiger partial charge is 0.480 e. The lowest BCUT2D eigenvalue weighted by Crippen LogP contribution is -2.38. The van der Waals surface area contributed by atoms with Crippen LogP contribution >= 0.6 is 0 Å². The highest BCUT2D eigenvalue weighted by molar-refractivity contribution is 5.94. The maximum atomic E-state index is 12.2. The van der Waals surface area contributed by atoms with Crippen molar-refractivity contribution in [1.29, 1.82) is 0 Å². The molecule has 1 aromatic carbocycles. The first-order chi connectivity index (χ1) is 11.9. The van der Waals surface area contributed by atoms with Crippen molar-refractivity contribution in [2.45, 2.75) is 38.8 Å². The van der Waals surface area contributed by atoms with Crippen LogP contribution in [0.1, 0.15) is 37.0 Å². The average Bonchev–Trinajstić information content (AvgIpc) is 2.59. The SMILES string of the molecule is CCOCc1c(CN)cccc1C1(C(=O)O)C=CC(C)=C(C(=O)O)C1. The first-order valence-corrected chi connectivity index (χ1v) is 8.12. The van der Waals surface area contributed by atoms with Crippen LogP contribution < -0.4 is 5.73 Å². The summed E-state index contributed by atoms with van der Waals surface area (Å²) in [6.07, 6.45) is 3.02. The van der Waals surface area contributed by atoms with Crippen LogP contribution in [-0.2, 0) is 32.9 Å². The first kappa shape index (κ1) is 18.9. The van der Waals surface area contributed by atoms with Crippen molar-refractivity contribution in [3.63, 3.8) is 0 Å². The standard InChI is InChI=1S/C19H23NO5/c1-3-25-11-15-13(10-20)5-4-6-16(15)19(18(23)24)8-7-12(2)14(9-19)17(21)22/h4-8H,3,9-11,20H2,1-2H3,(H,21,22)(H,23,24). The van der Waals surface area contributed by atoms with Crippen molar-refractivity contribution in [3.8, 4) is 0 Å².